The molecule has 0 unspecified atom stereocenters. The van der Waals surface area contributed by atoms with Crippen LogP contribution in [0.5, 0.6) is 17.2 Å². The number of piperidine rings is 1. The number of carbonyl (C=O) groups is 1. The van der Waals surface area contributed by atoms with E-state index in [0.29, 0.717) is 36.9 Å². The fourth-order valence-electron chi connectivity index (χ4n) is 3.10. The average molecular weight is 384 g/mol. The highest BCUT2D eigenvalue weighted by molar-refractivity contribution is 5.95. The van der Waals surface area contributed by atoms with Crippen molar-refractivity contribution in [3.05, 3.63) is 54.1 Å². The molecule has 6 nitrogen and oxygen atoms in total. The largest absolute Gasteiger partial charge is 0.490 e. The number of nitrogens with one attached hydrogen (secondary N) is 2. The monoisotopic (exact) mass is 384 g/mol. The van der Waals surface area contributed by atoms with Gasteiger partial charge in [0, 0.05) is 11.6 Å². The van der Waals surface area contributed by atoms with Crippen molar-refractivity contribution < 1.29 is 19.0 Å². The molecule has 1 saturated heterocycles. The van der Waals surface area contributed by atoms with Gasteiger partial charge in [-0.25, -0.2) is 0 Å². The summed E-state index contributed by atoms with van der Waals surface area (Å²) in [6.07, 6.45) is 1.90. The van der Waals surface area contributed by atoms with E-state index < -0.39 is 0 Å². The van der Waals surface area contributed by atoms with Crippen LogP contribution >= 0.6 is 0 Å². The van der Waals surface area contributed by atoms with Crippen LogP contribution in [0.2, 0.25) is 0 Å². The Morgan fingerprint density at radius 2 is 1.75 bits per heavy atom. The molecule has 1 heterocycles. The molecular weight excluding hydrogens is 356 g/mol. The van der Waals surface area contributed by atoms with Crippen LogP contribution in [0.4, 0.5) is 0 Å². The zero-order valence-electron chi connectivity index (χ0n) is 16.3. The average Bonchev–Trinajstić information content (AvgIpc) is 2.73. The van der Waals surface area contributed by atoms with Crippen molar-refractivity contribution in [2.45, 2.75) is 25.8 Å². The van der Waals surface area contributed by atoms with Gasteiger partial charge in [-0.05, 0) is 63.2 Å². The number of rotatable bonds is 9. The molecule has 0 radical (unpaired) electrons. The lowest BCUT2D eigenvalue weighted by Crippen LogP contribution is -2.42. The smallest absolute Gasteiger partial charge is 0.251 e. The van der Waals surface area contributed by atoms with E-state index in [0.717, 1.165) is 31.7 Å². The van der Waals surface area contributed by atoms with Gasteiger partial charge in [-0.1, -0.05) is 18.2 Å². The van der Waals surface area contributed by atoms with Gasteiger partial charge < -0.3 is 24.8 Å². The van der Waals surface area contributed by atoms with Gasteiger partial charge >= 0.3 is 0 Å². The molecule has 0 bridgehead atoms. The highest BCUT2D eigenvalue weighted by Crippen LogP contribution is 2.28. The van der Waals surface area contributed by atoms with Crippen LogP contribution in [0.1, 0.15) is 30.1 Å². The van der Waals surface area contributed by atoms with Gasteiger partial charge in [0.1, 0.15) is 19.0 Å². The molecule has 6 heteroatoms. The Morgan fingerprint density at radius 1 is 1.00 bits per heavy atom. The second kappa shape index (κ2) is 10.6. The molecule has 1 aliphatic rings. The second-order valence-electron chi connectivity index (χ2n) is 6.60. The molecule has 2 aromatic rings. The lowest BCUT2D eigenvalue weighted by molar-refractivity contribution is 0.0929. The summed E-state index contributed by atoms with van der Waals surface area (Å²) < 4.78 is 17.1. The highest BCUT2D eigenvalue weighted by atomic mass is 16.5. The number of carbonyl (C=O) groups excluding carboxylic acids is 1. The fourth-order valence-corrected chi connectivity index (χ4v) is 3.10. The molecule has 150 valence electrons. The Bertz CT molecular complexity index is 745. The summed E-state index contributed by atoms with van der Waals surface area (Å²) in [5.41, 5.74) is 0.579. The van der Waals surface area contributed by atoms with Gasteiger partial charge in [0.05, 0.1) is 6.61 Å². The standard InChI is InChI=1S/C22H28N2O4/c1-2-26-21-16-17(22(25)24-18-10-12-23-13-11-18)8-9-20(21)28-15-14-27-19-6-4-3-5-7-19/h3-9,16,18,23H,2,10-15H2,1H3,(H,24,25). The van der Waals surface area contributed by atoms with E-state index in [1.165, 1.54) is 0 Å². The van der Waals surface area contributed by atoms with Gasteiger partial charge in [0.15, 0.2) is 11.5 Å². The van der Waals surface area contributed by atoms with Crippen molar-refractivity contribution in [3.8, 4) is 17.2 Å². The molecule has 2 aromatic carbocycles. The third-order valence-corrected chi connectivity index (χ3v) is 4.53. The minimum Gasteiger partial charge on any atom is -0.490 e. The molecule has 3 rings (SSSR count). The van der Waals surface area contributed by atoms with Crippen LogP contribution in [0.3, 0.4) is 0 Å². The Morgan fingerprint density at radius 3 is 2.50 bits per heavy atom. The first kappa shape index (κ1) is 20.0. The van der Waals surface area contributed by atoms with E-state index in [-0.39, 0.29) is 11.9 Å². The minimum absolute atomic E-state index is 0.0770. The van der Waals surface area contributed by atoms with Crippen molar-refractivity contribution >= 4 is 5.91 Å². The van der Waals surface area contributed by atoms with Crippen LogP contribution in [-0.2, 0) is 0 Å². The molecular formula is C22H28N2O4. The summed E-state index contributed by atoms with van der Waals surface area (Å²) in [6, 6.07) is 15.1. The Labute approximate surface area is 166 Å². The lowest BCUT2D eigenvalue weighted by atomic mass is 10.1. The zero-order chi connectivity index (χ0) is 19.6. The van der Waals surface area contributed by atoms with Crippen LogP contribution in [0.25, 0.3) is 0 Å². The van der Waals surface area contributed by atoms with Crippen LogP contribution in [-0.4, -0.2) is 44.9 Å². The van der Waals surface area contributed by atoms with Crippen molar-refractivity contribution in [3.63, 3.8) is 0 Å². The Balaban J connectivity index is 1.56. The number of amides is 1. The Hall–Kier alpha value is -2.73. The highest BCUT2D eigenvalue weighted by Gasteiger charge is 2.18. The molecule has 0 atom stereocenters. The molecule has 1 fully saturated rings. The molecule has 28 heavy (non-hydrogen) atoms. The molecule has 0 spiro atoms. The Kier molecular flexibility index (Phi) is 7.55. The van der Waals surface area contributed by atoms with Gasteiger partial charge in [0.2, 0.25) is 0 Å². The van der Waals surface area contributed by atoms with E-state index >= 15 is 0 Å². The normalized spacial score (nSPS) is 14.3. The molecule has 1 amide bonds. The quantitative estimate of drug-likeness (QED) is 0.651. The van der Waals surface area contributed by atoms with Crippen molar-refractivity contribution in [2.75, 3.05) is 32.9 Å². The van der Waals surface area contributed by atoms with Crippen molar-refractivity contribution in [2.24, 2.45) is 0 Å². The van der Waals surface area contributed by atoms with Gasteiger partial charge in [-0.3, -0.25) is 4.79 Å². The van der Waals surface area contributed by atoms with Gasteiger partial charge in [0.25, 0.3) is 5.91 Å². The lowest BCUT2D eigenvalue weighted by Gasteiger charge is -2.23. The third-order valence-electron chi connectivity index (χ3n) is 4.53. The minimum atomic E-state index is -0.0770. The molecule has 1 aliphatic heterocycles. The first-order valence-electron chi connectivity index (χ1n) is 9.85. The zero-order valence-corrected chi connectivity index (χ0v) is 16.3. The maximum absolute atomic E-state index is 12.6. The van der Waals surface area contributed by atoms with Crippen molar-refractivity contribution in [1.82, 2.24) is 10.6 Å². The summed E-state index contributed by atoms with van der Waals surface area (Å²) in [7, 11) is 0. The predicted molar refractivity (Wildman–Crippen MR) is 108 cm³/mol. The number of para-hydroxylation sites is 1. The summed E-state index contributed by atoms with van der Waals surface area (Å²) in [5, 5.41) is 6.40. The SMILES string of the molecule is CCOc1cc(C(=O)NC2CCNCC2)ccc1OCCOc1ccccc1. The van der Waals surface area contributed by atoms with E-state index in [1.54, 1.807) is 18.2 Å². The molecule has 2 N–H and O–H groups in total. The second-order valence-corrected chi connectivity index (χ2v) is 6.60. The van der Waals surface area contributed by atoms with E-state index in [4.69, 9.17) is 14.2 Å². The number of ether oxygens (including phenoxy) is 3. The summed E-state index contributed by atoms with van der Waals surface area (Å²) in [5.74, 6) is 1.91. The van der Waals surface area contributed by atoms with Gasteiger partial charge in [-0.2, -0.15) is 0 Å². The number of hydrogen-bond acceptors (Lipinski definition) is 5. The molecule has 0 aromatic heterocycles. The van der Waals surface area contributed by atoms with E-state index in [9.17, 15) is 4.79 Å². The summed E-state index contributed by atoms with van der Waals surface area (Å²) in [6.45, 7) is 5.09. The van der Waals surface area contributed by atoms with Crippen molar-refractivity contribution in [1.29, 1.82) is 0 Å². The fraction of sp³-hybridized carbons (Fsp3) is 0.409. The number of hydrogen-bond donors (Lipinski definition) is 2. The number of benzene rings is 2. The van der Waals surface area contributed by atoms with Crippen LogP contribution in [0.15, 0.2) is 48.5 Å². The van der Waals surface area contributed by atoms with E-state index in [1.807, 2.05) is 37.3 Å². The summed E-state index contributed by atoms with van der Waals surface area (Å²) >= 11 is 0. The topological polar surface area (TPSA) is 68.8 Å². The molecule has 0 saturated carbocycles. The predicted octanol–water partition coefficient (Wildman–Crippen LogP) is 3.02. The first-order chi connectivity index (χ1) is 13.8. The first-order valence-corrected chi connectivity index (χ1v) is 9.85. The van der Waals surface area contributed by atoms with E-state index in [2.05, 4.69) is 10.6 Å². The van der Waals surface area contributed by atoms with Crippen LogP contribution < -0.4 is 24.8 Å². The van der Waals surface area contributed by atoms with Crippen LogP contribution in [0, 0.1) is 0 Å². The van der Waals surface area contributed by atoms with Gasteiger partial charge in [-0.15, -0.1) is 0 Å². The summed E-state index contributed by atoms with van der Waals surface area (Å²) in [4.78, 5) is 12.6. The maximum Gasteiger partial charge on any atom is 0.251 e. The maximum atomic E-state index is 12.6. The third kappa shape index (κ3) is 5.89. The molecule has 0 aliphatic carbocycles.